The van der Waals surface area contributed by atoms with Gasteiger partial charge in [-0.15, -0.1) is 0 Å². The maximum Gasteiger partial charge on any atom is 0.255 e. The number of aliphatic hydroxyl groups excluding tert-OH is 1. The van der Waals surface area contributed by atoms with Crippen molar-refractivity contribution in [2.75, 3.05) is 26.2 Å². The summed E-state index contributed by atoms with van der Waals surface area (Å²) in [7, 11) is 0. The van der Waals surface area contributed by atoms with Gasteiger partial charge in [0, 0.05) is 12.1 Å². The second-order valence-corrected chi connectivity index (χ2v) is 4.06. The Morgan fingerprint density at radius 3 is 2.71 bits per heavy atom. The average Bonchev–Trinajstić information content (AvgIpc) is 2.44. The predicted molar refractivity (Wildman–Crippen MR) is 71.3 cm³/mol. The second kappa shape index (κ2) is 8.29. The third-order valence-electron chi connectivity index (χ3n) is 2.55. The number of nitrogens with two attached hydrogens (primary N) is 1. The summed E-state index contributed by atoms with van der Waals surface area (Å²) in [6.07, 6.45) is -2.76. The Morgan fingerprint density at radius 1 is 1.43 bits per heavy atom. The molecule has 21 heavy (non-hydrogen) atoms. The Kier molecular flexibility index (Phi) is 6.72. The molecule has 0 saturated heterocycles. The normalized spacial score (nSPS) is 10.2. The Labute approximate surface area is 120 Å². The maximum absolute atomic E-state index is 13.3. The van der Waals surface area contributed by atoms with E-state index in [4.69, 9.17) is 10.8 Å². The van der Waals surface area contributed by atoms with E-state index in [1.807, 2.05) is 0 Å². The van der Waals surface area contributed by atoms with Gasteiger partial charge in [0.1, 0.15) is 5.82 Å². The molecule has 0 fully saturated rings. The topological polar surface area (TPSA) is 66.6 Å². The number of carbonyl (C=O) groups is 1. The van der Waals surface area contributed by atoms with Crippen LogP contribution in [-0.4, -0.2) is 48.6 Å². The molecule has 0 atom stereocenters. The third kappa shape index (κ3) is 5.10. The van der Waals surface area contributed by atoms with E-state index in [0.717, 1.165) is 17.0 Å². The Bertz CT molecular complexity index is 553. The second-order valence-electron chi connectivity index (χ2n) is 4.06. The van der Waals surface area contributed by atoms with Crippen molar-refractivity contribution >= 4 is 5.91 Å². The molecule has 7 heteroatoms. The number of alkyl halides is 2. The molecule has 0 aliphatic carbocycles. The van der Waals surface area contributed by atoms with E-state index in [9.17, 15) is 18.0 Å². The fourth-order valence-electron chi connectivity index (χ4n) is 1.68. The van der Waals surface area contributed by atoms with Crippen LogP contribution in [0.15, 0.2) is 18.2 Å². The summed E-state index contributed by atoms with van der Waals surface area (Å²) in [5, 5.41) is 8.85. The lowest BCUT2D eigenvalue weighted by Crippen LogP contribution is -2.37. The largest absolute Gasteiger partial charge is 0.395 e. The van der Waals surface area contributed by atoms with Crippen molar-refractivity contribution in [3.05, 3.63) is 35.1 Å². The fraction of sp³-hybridized carbons (Fsp3) is 0.357. The van der Waals surface area contributed by atoms with Gasteiger partial charge in [-0.2, -0.15) is 0 Å². The van der Waals surface area contributed by atoms with Crippen LogP contribution >= 0.6 is 0 Å². The average molecular weight is 300 g/mol. The monoisotopic (exact) mass is 300 g/mol. The summed E-state index contributed by atoms with van der Waals surface area (Å²) in [6.45, 7) is -1.55. The SMILES string of the molecule is NCC#Cc1ccc(F)cc1C(=O)N(CCO)CC(F)F. The number of amides is 1. The highest BCUT2D eigenvalue weighted by atomic mass is 19.3. The first kappa shape index (κ1) is 17.0. The Morgan fingerprint density at radius 2 is 2.14 bits per heavy atom. The summed E-state index contributed by atoms with van der Waals surface area (Å²) < 4.78 is 38.2. The van der Waals surface area contributed by atoms with Crippen LogP contribution < -0.4 is 5.73 Å². The van der Waals surface area contributed by atoms with E-state index < -0.39 is 31.3 Å². The van der Waals surface area contributed by atoms with Crippen molar-refractivity contribution in [1.82, 2.24) is 4.90 Å². The number of rotatable bonds is 5. The van der Waals surface area contributed by atoms with Crippen LogP contribution in [0.3, 0.4) is 0 Å². The first-order chi connectivity index (χ1) is 9.99. The smallest absolute Gasteiger partial charge is 0.255 e. The highest BCUT2D eigenvalue weighted by molar-refractivity contribution is 5.96. The quantitative estimate of drug-likeness (QED) is 0.792. The van der Waals surface area contributed by atoms with Gasteiger partial charge in [-0.3, -0.25) is 4.79 Å². The first-order valence-corrected chi connectivity index (χ1v) is 6.16. The number of hydrogen-bond donors (Lipinski definition) is 2. The minimum atomic E-state index is -2.76. The van der Waals surface area contributed by atoms with Gasteiger partial charge in [0.05, 0.1) is 25.3 Å². The van der Waals surface area contributed by atoms with Crippen LogP contribution in [0.5, 0.6) is 0 Å². The van der Waals surface area contributed by atoms with Crippen molar-refractivity contribution in [2.24, 2.45) is 5.73 Å². The van der Waals surface area contributed by atoms with E-state index in [0.29, 0.717) is 0 Å². The first-order valence-electron chi connectivity index (χ1n) is 6.16. The lowest BCUT2D eigenvalue weighted by atomic mass is 10.1. The molecule has 1 aromatic carbocycles. The molecule has 0 aliphatic heterocycles. The summed E-state index contributed by atoms with van der Waals surface area (Å²) >= 11 is 0. The van der Waals surface area contributed by atoms with Gasteiger partial charge in [0.15, 0.2) is 0 Å². The van der Waals surface area contributed by atoms with Crippen LogP contribution in [0.1, 0.15) is 15.9 Å². The van der Waals surface area contributed by atoms with E-state index in [1.165, 1.54) is 6.07 Å². The molecule has 0 radical (unpaired) electrons. The van der Waals surface area contributed by atoms with Crippen LogP contribution in [0.2, 0.25) is 0 Å². The lowest BCUT2D eigenvalue weighted by molar-refractivity contribution is 0.0508. The summed E-state index contributed by atoms with van der Waals surface area (Å²) in [5.74, 6) is 3.61. The van der Waals surface area contributed by atoms with Gasteiger partial charge in [-0.1, -0.05) is 11.8 Å². The van der Waals surface area contributed by atoms with Crippen molar-refractivity contribution in [1.29, 1.82) is 0 Å². The molecular weight excluding hydrogens is 285 g/mol. The number of benzene rings is 1. The van der Waals surface area contributed by atoms with Crippen LogP contribution in [-0.2, 0) is 0 Å². The van der Waals surface area contributed by atoms with Crippen LogP contribution in [0, 0.1) is 17.7 Å². The van der Waals surface area contributed by atoms with Gasteiger partial charge >= 0.3 is 0 Å². The molecule has 1 rings (SSSR count). The third-order valence-corrected chi connectivity index (χ3v) is 2.55. The molecule has 0 unspecified atom stereocenters. The molecule has 3 N–H and O–H groups in total. The molecular formula is C14H15F3N2O2. The van der Waals surface area contributed by atoms with Gasteiger partial charge in [-0.25, -0.2) is 13.2 Å². The van der Waals surface area contributed by atoms with Crippen LogP contribution in [0.25, 0.3) is 0 Å². The van der Waals surface area contributed by atoms with E-state index in [-0.39, 0.29) is 24.2 Å². The van der Waals surface area contributed by atoms with Gasteiger partial charge in [-0.05, 0) is 18.2 Å². The highest BCUT2D eigenvalue weighted by Crippen LogP contribution is 2.14. The number of aliphatic hydroxyl groups is 1. The van der Waals surface area contributed by atoms with Crippen molar-refractivity contribution < 1.29 is 23.1 Å². The number of halogens is 3. The molecule has 0 spiro atoms. The zero-order valence-corrected chi connectivity index (χ0v) is 11.2. The molecule has 1 amide bonds. The zero-order valence-electron chi connectivity index (χ0n) is 11.2. The molecule has 0 saturated carbocycles. The molecule has 0 heterocycles. The Hall–Kier alpha value is -2.04. The fourth-order valence-corrected chi connectivity index (χ4v) is 1.68. The number of nitrogens with zero attached hydrogens (tertiary/aromatic N) is 1. The van der Waals surface area contributed by atoms with Crippen molar-refractivity contribution in [2.45, 2.75) is 6.43 Å². The zero-order chi connectivity index (χ0) is 15.8. The van der Waals surface area contributed by atoms with Crippen LogP contribution in [0.4, 0.5) is 13.2 Å². The maximum atomic E-state index is 13.3. The summed E-state index contributed by atoms with van der Waals surface area (Å²) in [5.41, 5.74) is 5.29. The van der Waals surface area contributed by atoms with E-state index in [2.05, 4.69) is 11.8 Å². The molecule has 0 bridgehead atoms. The highest BCUT2D eigenvalue weighted by Gasteiger charge is 2.21. The number of carbonyl (C=O) groups excluding carboxylic acids is 1. The van der Waals surface area contributed by atoms with E-state index in [1.54, 1.807) is 0 Å². The Balaban J connectivity index is 3.15. The molecule has 114 valence electrons. The van der Waals surface area contributed by atoms with Crippen molar-refractivity contribution in [3.8, 4) is 11.8 Å². The molecule has 0 aromatic heterocycles. The van der Waals surface area contributed by atoms with E-state index >= 15 is 0 Å². The molecule has 0 aliphatic rings. The molecule has 4 nitrogen and oxygen atoms in total. The van der Waals surface area contributed by atoms with Gasteiger partial charge in [0.2, 0.25) is 0 Å². The minimum absolute atomic E-state index is 0.0440. The summed E-state index contributed by atoms with van der Waals surface area (Å²) in [4.78, 5) is 13.0. The number of hydrogen-bond acceptors (Lipinski definition) is 3. The standard InChI is InChI=1S/C14H15F3N2O2/c15-11-4-3-10(2-1-5-18)12(8-11)14(21)19(6-7-20)9-13(16)17/h3-4,8,13,20H,5-7,9,18H2. The van der Waals surface area contributed by atoms with Gasteiger partial charge in [0.25, 0.3) is 12.3 Å². The lowest BCUT2D eigenvalue weighted by Gasteiger charge is -2.22. The minimum Gasteiger partial charge on any atom is -0.395 e. The van der Waals surface area contributed by atoms with Crippen molar-refractivity contribution in [3.63, 3.8) is 0 Å². The predicted octanol–water partition coefficient (Wildman–Crippen LogP) is 0.835. The van der Waals surface area contributed by atoms with Gasteiger partial charge < -0.3 is 15.7 Å². The summed E-state index contributed by atoms with van der Waals surface area (Å²) in [6, 6.07) is 3.32. The molecule has 1 aromatic rings.